The van der Waals surface area contributed by atoms with E-state index in [-0.39, 0.29) is 51.2 Å². The normalized spacial score (nSPS) is 11.3. The van der Waals surface area contributed by atoms with Gasteiger partial charge < -0.3 is 29.0 Å². The molecule has 1 amide bonds. The smallest absolute Gasteiger partial charge is 0.433 e. The maximum atomic E-state index is 14.1. The fraction of sp³-hybridized carbons (Fsp3) is 0.240. The third kappa shape index (κ3) is 4.82. The Bertz CT molecular complexity index is 1480. The molecule has 10 nitrogen and oxygen atoms in total. The van der Waals surface area contributed by atoms with Gasteiger partial charge in [0.2, 0.25) is 5.75 Å². The van der Waals surface area contributed by atoms with Crippen molar-refractivity contribution in [1.29, 1.82) is 0 Å². The second kappa shape index (κ2) is 10.4. The van der Waals surface area contributed by atoms with Crippen LogP contribution in [0.5, 0.6) is 28.7 Å². The van der Waals surface area contributed by atoms with Gasteiger partial charge in [-0.2, -0.15) is 18.3 Å². The van der Waals surface area contributed by atoms with E-state index in [4.69, 9.17) is 23.7 Å². The van der Waals surface area contributed by atoms with E-state index < -0.39 is 17.8 Å². The molecule has 13 heteroatoms. The Balaban J connectivity index is 1.87. The van der Waals surface area contributed by atoms with Crippen molar-refractivity contribution in [2.75, 3.05) is 40.9 Å². The lowest BCUT2D eigenvalue weighted by Gasteiger charge is -2.15. The second-order valence-electron chi connectivity index (χ2n) is 7.75. The van der Waals surface area contributed by atoms with Crippen LogP contribution in [0.2, 0.25) is 0 Å². The first-order valence-corrected chi connectivity index (χ1v) is 10.9. The zero-order valence-electron chi connectivity index (χ0n) is 21.0. The first-order chi connectivity index (χ1) is 18.1. The molecule has 4 aromatic rings. The van der Waals surface area contributed by atoms with Gasteiger partial charge in [-0.25, -0.2) is 9.50 Å². The van der Waals surface area contributed by atoms with Crippen LogP contribution >= 0.6 is 0 Å². The van der Waals surface area contributed by atoms with Gasteiger partial charge in [0.25, 0.3) is 5.91 Å². The maximum absolute atomic E-state index is 14.1. The summed E-state index contributed by atoms with van der Waals surface area (Å²) in [7, 11) is 7.04. The number of methoxy groups -OCH3 is 5. The number of benzene rings is 2. The van der Waals surface area contributed by atoms with E-state index in [1.54, 1.807) is 12.1 Å². The van der Waals surface area contributed by atoms with Crippen LogP contribution in [0.4, 0.5) is 18.9 Å². The van der Waals surface area contributed by atoms with Gasteiger partial charge >= 0.3 is 6.18 Å². The number of nitrogens with zero attached hydrogens (tertiary/aromatic N) is 3. The average Bonchev–Trinajstić information content (AvgIpc) is 3.35. The molecule has 200 valence electrons. The Kier molecular flexibility index (Phi) is 7.19. The summed E-state index contributed by atoms with van der Waals surface area (Å²) in [6.07, 6.45) is -3.79. The molecular formula is C25H23F3N4O6. The van der Waals surface area contributed by atoms with E-state index in [0.717, 1.165) is 12.3 Å². The summed E-state index contributed by atoms with van der Waals surface area (Å²) in [5.41, 5.74) is -1.23. The van der Waals surface area contributed by atoms with Gasteiger partial charge in [-0.1, -0.05) is 0 Å². The summed E-state index contributed by atoms with van der Waals surface area (Å²) in [5, 5.41) is 6.43. The topological polar surface area (TPSA) is 105 Å². The summed E-state index contributed by atoms with van der Waals surface area (Å²) in [6, 6.07) is 8.43. The van der Waals surface area contributed by atoms with Crippen LogP contribution in [0.15, 0.2) is 42.6 Å². The molecule has 0 fully saturated rings. The van der Waals surface area contributed by atoms with Crippen molar-refractivity contribution < 1.29 is 41.7 Å². The number of alkyl halides is 3. The van der Waals surface area contributed by atoms with E-state index in [1.165, 1.54) is 53.7 Å². The molecule has 0 bridgehead atoms. The lowest BCUT2D eigenvalue weighted by atomic mass is 10.1. The van der Waals surface area contributed by atoms with Gasteiger partial charge in [-0.05, 0) is 30.3 Å². The predicted molar refractivity (Wildman–Crippen MR) is 131 cm³/mol. The molecule has 2 heterocycles. The fourth-order valence-electron chi connectivity index (χ4n) is 3.79. The molecule has 0 aliphatic rings. The second-order valence-corrected chi connectivity index (χ2v) is 7.75. The molecule has 2 aromatic heterocycles. The number of hydrogen-bond acceptors (Lipinski definition) is 8. The SMILES string of the molecule is COc1ccc(NC(=O)c2cnn3c(C(F)(F)F)cc(-c4cc(OC)c(OC)c(OC)c4)nc23)c(OC)c1. The minimum atomic E-state index is -4.81. The number of carbonyl (C=O) groups excluding carboxylic acids is 1. The van der Waals surface area contributed by atoms with E-state index in [0.29, 0.717) is 10.3 Å². The Morgan fingerprint density at radius 3 is 2.08 bits per heavy atom. The number of anilines is 1. The fourth-order valence-corrected chi connectivity index (χ4v) is 3.79. The lowest BCUT2D eigenvalue weighted by Crippen LogP contribution is -2.16. The molecule has 38 heavy (non-hydrogen) atoms. The molecule has 1 N–H and O–H groups in total. The number of amides is 1. The van der Waals surface area contributed by atoms with Gasteiger partial charge in [0.15, 0.2) is 22.8 Å². The zero-order chi connectivity index (χ0) is 27.6. The third-order valence-electron chi connectivity index (χ3n) is 5.62. The van der Waals surface area contributed by atoms with Crippen molar-refractivity contribution in [2.24, 2.45) is 0 Å². The zero-order valence-corrected chi connectivity index (χ0v) is 21.0. The van der Waals surface area contributed by atoms with Crippen molar-refractivity contribution >= 4 is 17.2 Å². The number of carbonyl (C=O) groups is 1. The Labute approximate surface area is 214 Å². The Morgan fingerprint density at radius 2 is 1.53 bits per heavy atom. The van der Waals surface area contributed by atoms with Crippen molar-refractivity contribution in [3.05, 3.63) is 53.9 Å². The van der Waals surface area contributed by atoms with Crippen LogP contribution in [-0.4, -0.2) is 56.1 Å². The van der Waals surface area contributed by atoms with E-state index in [1.807, 2.05) is 0 Å². The quantitative estimate of drug-likeness (QED) is 0.348. The third-order valence-corrected chi connectivity index (χ3v) is 5.62. The van der Waals surface area contributed by atoms with Crippen molar-refractivity contribution in [2.45, 2.75) is 6.18 Å². The number of ether oxygens (including phenoxy) is 5. The van der Waals surface area contributed by atoms with Crippen LogP contribution in [0, 0.1) is 0 Å². The number of nitrogens with one attached hydrogen (secondary N) is 1. The number of halogens is 3. The Morgan fingerprint density at radius 1 is 0.868 bits per heavy atom. The number of aromatic nitrogens is 3. The molecule has 0 unspecified atom stereocenters. The lowest BCUT2D eigenvalue weighted by molar-refractivity contribution is -0.142. The largest absolute Gasteiger partial charge is 0.497 e. The summed E-state index contributed by atoms with van der Waals surface area (Å²) >= 11 is 0. The van der Waals surface area contributed by atoms with Crippen LogP contribution in [0.3, 0.4) is 0 Å². The van der Waals surface area contributed by atoms with E-state index >= 15 is 0 Å². The molecular weight excluding hydrogens is 509 g/mol. The average molecular weight is 532 g/mol. The molecule has 4 rings (SSSR count). The van der Waals surface area contributed by atoms with Gasteiger partial charge in [-0.3, -0.25) is 4.79 Å². The number of fused-ring (bicyclic) bond motifs is 1. The van der Waals surface area contributed by atoms with Crippen LogP contribution in [-0.2, 0) is 6.18 Å². The van der Waals surface area contributed by atoms with Crippen LogP contribution < -0.4 is 29.0 Å². The number of rotatable bonds is 8. The molecule has 0 saturated carbocycles. The Hall–Kier alpha value is -4.68. The highest BCUT2D eigenvalue weighted by Crippen LogP contribution is 2.42. The molecule has 0 atom stereocenters. The molecule has 2 aromatic carbocycles. The van der Waals surface area contributed by atoms with Crippen molar-refractivity contribution in [3.8, 4) is 40.0 Å². The standard InChI is InChI=1S/C25H23F3N4O6/c1-34-14-6-7-16(18(10-14)35-2)31-24(33)15-12-29-32-21(25(26,27)28)11-17(30-23(15)32)13-8-19(36-3)22(38-5)20(9-13)37-4/h6-12H,1-5H3,(H,31,33). The minimum Gasteiger partial charge on any atom is -0.497 e. The summed E-state index contributed by atoms with van der Waals surface area (Å²) in [6.45, 7) is 0. The molecule has 0 aliphatic carbocycles. The number of hydrogen-bond donors (Lipinski definition) is 1. The maximum Gasteiger partial charge on any atom is 0.433 e. The first-order valence-electron chi connectivity index (χ1n) is 10.9. The van der Waals surface area contributed by atoms with Crippen LogP contribution in [0.1, 0.15) is 16.1 Å². The highest BCUT2D eigenvalue weighted by Gasteiger charge is 2.36. The molecule has 0 spiro atoms. The van der Waals surface area contributed by atoms with Crippen LogP contribution in [0.25, 0.3) is 16.9 Å². The molecule has 0 radical (unpaired) electrons. The highest BCUT2D eigenvalue weighted by atomic mass is 19.4. The predicted octanol–water partition coefficient (Wildman–Crippen LogP) is 4.71. The summed E-state index contributed by atoms with van der Waals surface area (Å²) < 4.78 is 69.1. The van der Waals surface area contributed by atoms with Gasteiger partial charge in [0, 0.05) is 11.6 Å². The van der Waals surface area contributed by atoms with E-state index in [2.05, 4.69) is 15.4 Å². The summed E-state index contributed by atoms with van der Waals surface area (Å²) in [5.74, 6) is 0.726. The van der Waals surface area contributed by atoms with Gasteiger partial charge in [-0.15, -0.1) is 0 Å². The van der Waals surface area contributed by atoms with Crippen molar-refractivity contribution in [3.63, 3.8) is 0 Å². The molecule has 0 aliphatic heterocycles. The summed E-state index contributed by atoms with van der Waals surface area (Å²) in [4.78, 5) is 17.5. The molecule has 0 saturated heterocycles. The first kappa shape index (κ1) is 26.4. The van der Waals surface area contributed by atoms with Gasteiger partial charge in [0.05, 0.1) is 53.1 Å². The van der Waals surface area contributed by atoms with Gasteiger partial charge in [0.1, 0.15) is 17.1 Å². The highest BCUT2D eigenvalue weighted by molar-refractivity contribution is 6.09. The van der Waals surface area contributed by atoms with E-state index in [9.17, 15) is 18.0 Å². The monoisotopic (exact) mass is 532 g/mol. The minimum absolute atomic E-state index is 0.0966. The van der Waals surface area contributed by atoms with Crippen molar-refractivity contribution in [1.82, 2.24) is 14.6 Å².